The Hall–Kier alpha value is -1.99. The molecular formula is C12H10N2O. The number of benzene rings is 1. The predicted octanol–water partition coefficient (Wildman–Crippen LogP) is 1.95. The highest BCUT2D eigenvalue weighted by atomic mass is 16.1. The van der Waals surface area contributed by atoms with Crippen LogP contribution in [0.3, 0.4) is 0 Å². The Morgan fingerprint density at radius 1 is 1.47 bits per heavy atom. The van der Waals surface area contributed by atoms with Gasteiger partial charge in [-0.1, -0.05) is 24.3 Å². The van der Waals surface area contributed by atoms with Crippen molar-refractivity contribution in [2.45, 2.75) is 12.3 Å². The van der Waals surface area contributed by atoms with Gasteiger partial charge in [-0.25, -0.2) is 0 Å². The number of nitrogens with zero attached hydrogens (tertiary/aromatic N) is 2. The van der Waals surface area contributed by atoms with Crippen LogP contribution >= 0.6 is 0 Å². The zero-order valence-corrected chi connectivity index (χ0v) is 8.18. The van der Waals surface area contributed by atoms with Gasteiger partial charge < -0.3 is 5.53 Å². The molecule has 1 aromatic carbocycles. The first-order chi connectivity index (χ1) is 7.29. The molecule has 0 aliphatic heterocycles. The molecule has 3 nitrogen and oxygen atoms in total. The first-order valence-corrected chi connectivity index (χ1v) is 4.76. The fourth-order valence-corrected chi connectivity index (χ4v) is 1.96. The van der Waals surface area contributed by atoms with Gasteiger partial charge in [-0.3, -0.25) is 4.79 Å². The maximum Gasteiger partial charge on any atom is 0.365 e. The lowest BCUT2D eigenvalue weighted by Crippen LogP contribution is -2.13. The van der Waals surface area contributed by atoms with Crippen LogP contribution in [0.2, 0.25) is 0 Å². The van der Waals surface area contributed by atoms with Crippen LogP contribution in [0.4, 0.5) is 0 Å². The lowest BCUT2D eigenvalue weighted by molar-refractivity contribution is -0.117. The summed E-state index contributed by atoms with van der Waals surface area (Å²) in [5, 5.41) is 0. The molecule has 0 amide bonds. The van der Waals surface area contributed by atoms with Gasteiger partial charge in [0, 0.05) is 0 Å². The quantitative estimate of drug-likeness (QED) is 0.407. The van der Waals surface area contributed by atoms with Gasteiger partial charge in [0.15, 0.2) is 0 Å². The van der Waals surface area contributed by atoms with Crippen LogP contribution in [0.5, 0.6) is 0 Å². The topological polar surface area (TPSA) is 53.5 Å². The van der Waals surface area contributed by atoms with Gasteiger partial charge in [0.05, 0.1) is 11.5 Å². The summed E-state index contributed by atoms with van der Waals surface area (Å²) in [6.45, 7) is 3.63. The minimum absolute atomic E-state index is 0.126. The van der Waals surface area contributed by atoms with E-state index in [2.05, 4.69) is 11.4 Å². The number of fused-ring (bicyclic) bond motifs is 1. The molecule has 0 radical (unpaired) electrons. The third-order valence-electron chi connectivity index (χ3n) is 2.64. The number of carbonyl (C=O) groups is 1. The van der Waals surface area contributed by atoms with Crippen molar-refractivity contribution in [3.05, 3.63) is 53.6 Å². The first-order valence-electron chi connectivity index (χ1n) is 4.76. The largest absolute Gasteiger partial charge is 0.365 e. The molecule has 0 N–H and O–H groups in total. The van der Waals surface area contributed by atoms with Crippen molar-refractivity contribution < 1.29 is 9.58 Å². The summed E-state index contributed by atoms with van der Waals surface area (Å²) in [5.74, 6) is -0.358. The fraction of sp³-hybridized carbons (Fsp3) is 0.167. The molecule has 0 saturated carbocycles. The Kier molecular flexibility index (Phi) is 2.32. The second-order valence-electron chi connectivity index (χ2n) is 3.48. The lowest BCUT2D eigenvalue weighted by atomic mass is 9.97. The number of allylic oxidation sites excluding steroid dienone is 1. The number of carbonyl (C=O) groups excluding carboxylic acids is 1. The van der Waals surface area contributed by atoms with Crippen LogP contribution in [0.25, 0.3) is 5.53 Å². The second-order valence-corrected chi connectivity index (χ2v) is 3.48. The number of ketones is 1. The lowest BCUT2D eigenvalue weighted by Gasteiger charge is -2.03. The molecule has 1 aromatic rings. The van der Waals surface area contributed by atoms with Crippen molar-refractivity contribution in [2.24, 2.45) is 0 Å². The molecule has 0 aromatic heterocycles. The molecule has 1 unspecified atom stereocenters. The Balaban J connectivity index is 2.61. The van der Waals surface area contributed by atoms with Crippen LogP contribution in [-0.2, 0) is 4.79 Å². The van der Waals surface area contributed by atoms with Crippen LogP contribution in [0, 0.1) is 0 Å². The van der Waals surface area contributed by atoms with E-state index in [1.165, 1.54) is 0 Å². The SMILES string of the molecule is C=CCC1C(=O)C(=[N+]=[N-])c2ccccc21. The van der Waals surface area contributed by atoms with Crippen LogP contribution < -0.4 is 0 Å². The van der Waals surface area contributed by atoms with Gasteiger partial charge >= 0.3 is 5.71 Å². The first kappa shape index (κ1) is 9.56. The smallest absolute Gasteiger partial charge is 0.361 e. The van der Waals surface area contributed by atoms with Gasteiger partial charge in [-0.15, -0.1) is 6.58 Å². The number of hydrogen-bond acceptors (Lipinski definition) is 1. The minimum atomic E-state index is -0.232. The molecule has 1 aliphatic carbocycles. The molecule has 0 heterocycles. The summed E-state index contributed by atoms with van der Waals surface area (Å²) in [7, 11) is 0. The highest BCUT2D eigenvalue weighted by Crippen LogP contribution is 2.32. The summed E-state index contributed by atoms with van der Waals surface area (Å²) >= 11 is 0. The van der Waals surface area contributed by atoms with Gasteiger partial charge in [-0.2, -0.15) is 4.79 Å². The van der Waals surface area contributed by atoms with E-state index in [0.717, 1.165) is 11.1 Å². The molecule has 74 valence electrons. The van der Waals surface area contributed by atoms with Crippen LogP contribution in [0.15, 0.2) is 36.9 Å². The van der Waals surface area contributed by atoms with Crippen molar-refractivity contribution >= 4 is 11.5 Å². The Bertz CT molecular complexity index is 484. The summed E-state index contributed by atoms with van der Waals surface area (Å²) in [6, 6.07) is 7.39. The number of hydrogen-bond donors (Lipinski definition) is 0. The van der Waals surface area contributed by atoms with Crippen molar-refractivity contribution in [1.29, 1.82) is 0 Å². The third kappa shape index (κ3) is 1.34. The average molecular weight is 198 g/mol. The van der Waals surface area contributed by atoms with Gasteiger partial charge in [-0.05, 0) is 18.1 Å². The van der Waals surface area contributed by atoms with Crippen LogP contribution in [0.1, 0.15) is 23.5 Å². The molecule has 0 fully saturated rings. The van der Waals surface area contributed by atoms with Gasteiger partial charge in [0.2, 0.25) is 0 Å². The van der Waals surface area contributed by atoms with Crippen molar-refractivity contribution in [2.75, 3.05) is 0 Å². The second kappa shape index (κ2) is 3.64. The molecule has 1 atom stereocenters. The number of rotatable bonds is 2. The van der Waals surface area contributed by atoms with E-state index in [9.17, 15) is 4.79 Å². The van der Waals surface area contributed by atoms with E-state index >= 15 is 0 Å². The highest BCUT2D eigenvalue weighted by Gasteiger charge is 2.41. The van der Waals surface area contributed by atoms with Crippen molar-refractivity contribution in [3.63, 3.8) is 0 Å². The zero-order chi connectivity index (χ0) is 10.8. The molecule has 0 spiro atoms. The van der Waals surface area contributed by atoms with E-state index in [-0.39, 0.29) is 17.4 Å². The molecule has 1 aliphatic rings. The van der Waals surface area contributed by atoms with Crippen LogP contribution in [-0.4, -0.2) is 16.3 Å². The maximum atomic E-state index is 11.8. The normalized spacial score (nSPS) is 18.5. The molecule has 15 heavy (non-hydrogen) atoms. The van der Waals surface area contributed by atoms with E-state index in [0.29, 0.717) is 6.42 Å². The molecule has 2 rings (SSSR count). The standard InChI is InChI=1S/C12H10N2O/c1-2-5-10-8-6-3-4-7-9(8)11(14-13)12(10)15/h2-4,6-7,10H,1,5H2. The molecule has 0 saturated heterocycles. The average Bonchev–Trinajstić information content (AvgIpc) is 2.53. The summed E-state index contributed by atoms with van der Waals surface area (Å²) < 4.78 is 0. The maximum absolute atomic E-state index is 11.8. The molecule has 0 bridgehead atoms. The summed E-state index contributed by atoms with van der Waals surface area (Å²) in [4.78, 5) is 14.9. The zero-order valence-electron chi connectivity index (χ0n) is 8.18. The highest BCUT2D eigenvalue weighted by molar-refractivity contribution is 6.49. The van der Waals surface area contributed by atoms with Crippen molar-refractivity contribution in [3.8, 4) is 0 Å². The summed E-state index contributed by atoms with van der Waals surface area (Å²) in [6.07, 6.45) is 2.29. The molecule has 3 heteroatoms. The minimum Gasteiger partial charge on any atom is -0.361 e. The van der Waals surface area contributed by atoms with E-state index in [4.69, 9.17) is 5.53 Å². The monoisotopic (exact) mass is 198 g/mol. The van der Waals surface area contributed by atoms with Gasteiger partial charge in [0.1, 0.15) is 0 Å². The van der Waals surface area contributed by atoms with Crippen molar-refractivity contribution in [1.82, 2.24) is 0 Å². The molecular weight excluding hydrogens is 188 g/mol. The third-order valence-corrected chi connectivity index (χ3v) is 2.64. The van der Waals surface area contributed by atoms with E-state index in [1.807, 2.05) is 18.2 Å². The fourth-order valence-electron chi connectivity index (χ4n) is 1.96. The van der Waals surface area contributed by atoms with E-state index < -0.39 is 0 Å². The Labute approximate surface area is 87.7 Å². The van der Waals surface area contributed by atoms with Gasteiger partial charge in [0.25, 0.3) is 5.78 Å². The van der Waals surface area contributed by atoms with E-state index in [1.54, 1.807) is 12.1 Å². The predicted molar refractivity (Wildman–Crippen MR) is 56.7 cm³/mol. The Morgan fingerprint density at radius 3 is 2.87 bits per heavy atom. The Morgan fingerprint density at radius 2 is 2.20 bits per heavy atom. The summed E-state index contributed by atoms with van der Waals surface area (Å²) in [5.41, 5.74) is 10.6. The number of Topliss-reactive ketones (excluding diaryl/α,β-unsaturated/α-hetero) is 1.